The second-order valence-corrected chi connectivity index (χ2v) is 2.78. The van der Waals surface area contributed by atoms with Gasteiger partial charge in [-0.05, 0) is 30.7 Å². The van der Waals surface area contributed by atoms with Crippen LogP contribution in [0.5, 0.6) is 0 Å². The topological polar surface area (TPSA) is 66.4 Å². The molecule has 0 bridgehead atoms. The van der Waals surface area contributed by atoms with Crippen molar-refractivity contribution in [1.29, 1.82) is 0 Å². The lowest BCUT2D eigenvalue weighted by Gasteiger charge is -2.03. The third kappa shape index (κ3) is 2.55. The van der Waals surface area contributed by atoms with Crippen molar-refractivity contribution in [3.63, 3.8) is 0 Å². The highest BCUT2D eigenvalue weighted by Gasteiger charge is 2.11. The van der Waals surface area contributed by atoms with Gasteiger partial charge in [0.15, 0.2) is 0 Å². The number of rotatable bonds is 1. The molecular formula is C9H8FNO3. The van der Waals surface area contributed by atoms with Crippen molar-refractivity contribution in [2.45, 2.75) is 6.92 Å². The van der Waals surface area contributed by atoms with E-state index in [4.69, 9.17) is 5.11 Å². The van der Waals surface area contributed by atoms with E-state index in [1.165, 1.54) is 12.1 Å². The first-order chi connectivity index (χ1) is 6.49. The summed E-state index contributed by atoms with van der Waals surface area (Å²) in [6.45, 7) is 1.64. The number of anilines is 1. The summed E-state index contributed by atoms with van der Waals surface area (Å²) in [5, 5.41) is 10.3. The molecule has 1 aromatic rings. The summed E-state index contributed by atoms with van der Waals surface area (Å²) in [7, 11) is 0. The number of carboxylic acid groups (broad SMARTS) is 1. The van der Waals surface area contributed by atoms with Gasteiger partial charge < -0.3 is 10.4 Å². The van der Waals surface area contributed by atoms with Crippen LogP contribution in [0.25, 0.3) is 0 Å². The molecule has 1 rings (SSSR count). The Morgan fingerprint density at radius 1 is 1.36 bits per heavy atom. The van der Waals surface area contributed by atoms with Crippen molar-refractivity contribution >= 4 is 17.6 Å². The molecule has 2 N–H and O–H groups in total. The molecule has 0 atom stereocenters. The fourth-order valence-electron chi connectivity index (χ4n) is 0.993. The first kappa shape index (κ1) is 10.2. The number of halogens is 1. The predicted octanol–water partition coefficient (Wildman–Crippen LogP) is 1.16. The molecular weight excluding hydrogens is 189 g/mol. The van der Waals surface area contributed by atoms with Crippen molar-refractivity contribution in [2.75, 3.05) is 5.32 Å². The number of hydrogen-bond donors (Lipinski definition) is 2. The van der Waals surface area contributed by atoms with E-state index in [1.807, 2.05) is 5.32 Å². The average Bonchev–Trinajstić information content (AvgIpc) is 2.01. The van der Waals surface area contributed by atoms with Gasteiger partial charge in [-0.1, -0.05) is 0 Å². The maximum Gasteiger partial charge on any atom is 0.394 e. The molecule has 1 aromatic carbocycles. The van der Waals surface area contributed by atoms with Crippen LogP contribution in [-0.4, -0.2) is 17.0 Å². The first-order valence-electron chi connectivity index (χ1n) is 3.80. The summed E-state index contributed by atoms with van der Waals surface area (Å²) in [5.74, 6) is -3.31. The van der Waals surface area contributed by atoms with E-state index in [0.29, 0.717) is 5.56 Å². The molecule has 0 heterocycles. The minimum absolute atomic E-state index is 0.134. The molecule has 0 aliphatic carbocycles. The van der Waals surface area contributed by atoms with Crippen LogP contribution in [0, 0.1) is 12.7 Å². The number of hydrogen-bond acceptors (Lipinski definition) is 2. The van der Waals surface area contributed by atoms with Crippen LogP contribution in [0.3, 0.4) is 0 Å². The van der Waals surface area contributed by atoms with E-state index in [1.54, 1.807) is 6.92 Å². The fourth-order valence-corrected chi connectivity index (χ4v) is 0.993. The molecule has 4 nitrogen and oxygen atoms in total. The molecule has 0 spiro atoms. The number of carboxylic acids is 1. The molecule has 0 aromatic heterocycles. The highest BCUT2D eigenvalue weighted by molar-refractivity contribution is 6.36. The number of benzene rings is 1. The summed E-state index contributed by atoms with van der Waals surface area (Å²) >= 11 is 0. The molecule has 0 aliphatic rings. The van der Waals surface area contributed by atoms with Gasteiger partial charge in [-0.15, -0.1) is 0 Å². The number of carbonyl (C=O) groups excluding carboxylic acids is 1. The Balaban J connectivity index is 2.87. The van der Waals surface area contributed by atoms with Gasteiger partial charge in [0.25, 0.3) is 0 Å². The van der Waals surface area contributed by atoms with E-state index in [9.17, 15) is 14.0 Å². The summed E-state index contributed by atoms with van der Waals surface area (Å²) in [6.07, 6.45) is 0. The Morgan fingerprint density at radius 3 is 2.50 bits per heavy atom. The van der Waals surface area contributed by atoms with Gasteiger partial charge in [-0.2, -0.15) is 0 Å². The number of carbonyl (C=O) groups is 2. The van der Waals surface area contributed by atoms with Crippen LogP contribution in [0.2, 0.25) is 0 Å². The van der Waals surface area contributed by atoms with E-state index >= 15 is 0 Å². The zero-order valence-corrected chi connectivity index (χ0v) is 7.37. The van der Waals surface area contributed by atoms with Gasteiger partial charge in [0.1, 0.15) is 5.82 Å². The van der Waals surface area contributed by atoms with Crippen LogP contribution in [0.15, 0.2) is 18.2 Å². The van der Waals surface area contributed by atoms with Crippen LogP contribution in [0.1, 0.15) is 5.56 Å². The number of nitrogens with one attached hydrogen (secondary N) is 1. The minimum Gasteiger partial charge on any atom is -0.474 e. The van der Waals surface area contributed by atoms with Crippen molar-refractivity contribution in [2.24, 2.45) is 0 Å². The summed E-state index contributed by atoms with van der Waals surface area (Å²) in [6, 6.07) is 3.80. The number of aliphatic carboxylic acids is 1. The molecule has 0 fully saturated rings. The third-order valence-electron chi connectivity index (χ3n) is 1.49. The van der Waals surface area contributed by atoms with E-state index < -0.39 is 17.7 Å². The summed E-state index contributed by atoms with van der Waals surface area (Å²) in [5.41, 5.74) is 0.737. The normalized spacial score (nSPS) is 9.57. The zero-order chi connectivity index (χ0) is 10.7. The van der Waals surface area contributed by atoms with E-state index in [-0.39, 0.29) is 5.69 Å². The van der Waals surface area contributed by atoms with Crippen LogP contribution in [-0.2, 0) is 9.59 Å². The highest BCUT2D eigenvalue weighted by atomic mass is 19.1. The van der Waals surface area contributed by atoms with E-state index in [0.717, 1.165) is 6.07 Å². The Hall–Kier alpha value is -1.91. The molecule has 5 heteroatoms. The zero-order valence-electron chi connectivity index (χ0n) is 7.37. The standard InChI is InChI=1S/C9H8FNO3/c1-5-2-6(10)4-7(3-5)11-8(12)9(13)14/h2-4H,1H3,(H,11,12)(H,13,14). The minimum atomic E-state index is -1.60. The first-order valence-corrected chi connectivity index (χ1v) is 3.80. The molecule has 0 saturated carbocycles. The number of amides is 1. The Kier molecular flexibility index (Phi) is 2.81. The van der Waals surface area contributed by atoms with Gasteiger partial charge in [0.2, 0.25) is 0 Å². The monoisotopic (exact) mass is 197 g/mol. The van der Waals surface area contributed by atoms with Crippen LogP contribution in [0.4, 0.5) is 10.1 Å². The molecule has 1 amide bonds. The van der Waals surface area contributed by atoms with Crippen LogP contribution >= 0.6 is 0 Å². The average molecular weight is 197 g/mol. The second kappa shape index (κ2) is 3.87. The third-order valence-corrected chi connectivity index (χ3v) is 1.49. The van der Waals surface area contributed by atoms with Crippen LogP contribution < -0.4 is 5.32 Å². The van der Waals surface area contributed by atoms with Crippen molar-refractivity contribution in [3.8, 4) is 0 Å². The van der Waals surface area contributed by atoms with Crippen molar-refractivity contribution in [3.05, 3.63) is 29.6 Å². The molecule has 0 aliphatic heterocycles. The smallest absolute Gasteiger partial charge is 0.394 e. The quantitative estimate of drug-likeness (QED) is 0.664. The van der Waals surface area contributed by atoms with Gasteiger partial charge in [0.05, 0.1) is 0 Å². The number of aryl methyl sites for hydroxylation is 1. The lowest BCUT2D eigenvalue weighted by Crippen LogP contribution is -2.21. The van der Waals surface area contributed by atoms with Gasteiger partial charge in [-0.3, -0.25) is 4.79 Å². The molecule has 14 heavy (non-hydrogen) atoms. The fraction of sp³-hybridized carbons (Fsp3) is 0.111. The van der Waals surface area contributed by atoms with Gasteiger partial charge in [0, 0.05) is 5.69 Å². The van der Waals surface area contributed by atoms with Gasteiger partial charge >= 0.3 is 11.9 Å². The van der Waals surface area contributed by atoms with Crippen molar-refractivity contribution < 1.29 is 19.1 Å². The summed E-state index contributed by atoms with van der Waals surface area (Å²) < 4.78 is 12.8. The molecule has 74 valence electrons. The lowest BCUT2D eigenvalue weighted by molar-refractivity contribution is -0.147. The SMILES string of the molecule is Cc1cc(F)cc(NC(=O)C(=O)O)c1. The summed E-state index contributed by atoms with van der Waals surface area (Å²) in [4.78, 5) is 20.9. The maximum atomic E-state index is 12.8. The second-order valence-electron chi connectivity index (χ2n) is 2.78. The Bertz CT molecular complexity index is 369. The Labute approximate surface area is 79.4 Å². The van der Waals surface area contributed by atoms with E-state index in [2.05, 4.69) is 0 Å². The van der Waals surface area contributed by atoms with Gasteiger partial charge in [-0.25, -0.2) is 9.18 Å². The largest absolute Gasteiger partial charge is 0.474 e. The highest BCUT2D eigenvalue weighted by Crippen LogP contribution is 2.12. The molecule has 0 unspecified atom stereocenters. The Morgan fingerprint density at radius 2 is 2.00 bits per heavy atom. The lowest BCUT2D eigenvalue weighted by atomic mass is 10.2. The van der Waals surface area contributed by atoms with Crippen molar-refractivity contribution in [1.82, 2.24) is 0 Å². The molecule has 0 saturated heterocycles. The predicted molar refractivity (Wildman–Crippen MR) is 47.4 cm³/mol. The maximum absolute atomic E-state index is 12.8. The molecule has 0 radical (unpaired) electrons.